The van der Waals surface area contributed by atoms with Gasteiger partial charge in [-0.25, -0.2) is 0 Å². The van der Waals surface area contributed by atoms with Crippen molar-refractivity contribution in [2.75, 3.05) is 0 Å². The van der Waals surface area contributed by atoms with E-state index in [1.807, 2.05) is 0 Å². The summed E-state index contributed by atoms with van der Waals surface area (Å²) < 4.78 is 0. The maximum Gasteiger partial charge on any atom is -0.0170 e. The molecule has 0 aromatic carbocycles. The molecule has 0 amide bonds. The van der Waals surface area contributed by atoms with Crippen LogP contribution in [-0.2, 0) is 0 Å². The lowest BCUT2D eigenvalue weighted by molar-refractivity contribution is 0.304. The Morgan fingerprint density at radius 1 is 0.875 bits per heavy atom. The van der Waals surface area contributed by atoms with Crippen LogP contribution in [0.1, 0.15) is 25.7 Å². The molecule has 0 aliphatic heterocycles. The second kappa shape index (κ2) is 1.61. The molecule has 2 aliphatic rings. The molecule has 8 heavy (non-hydrogen) atoms. The molecule has 0 heteroatoms. The predicted octanol–water partition coefficient (Wildman–Crippen LogP) is 2.36. The summed E-state index contributed by atoms with van der Waals surface area (Å²) in [6.07, 6.45) is 10.7. The highest BCUT2D eigenvalue weighted by molar-refractivity contribution is 5.09. The van der Waals surface area contributed by atoms with Crippen LogP contribution in [0.4, 0.5) is 0 Å². The van der Waals surface area contributed by atoms with Gasteiger partial charge >= 0.3 is 0 Å². The van der Waals surface area contributed by atoms with E-state index >= 15 is 0 Å². The van der Waals surface area contributed by atoms with Gasteiger partial charge in [0.05, 0.1) is 0 Å². The average molecular weight is 108 g/mol. The lowest BCUT2D eigenvalue weighted by Gasteiger charge is -2.33. The summed E-state index contributed by atoms with van der Waals surface area (Å²) in [5.74, 6) is 2.01. The molecule has 0 radical (unpaired) electrons. The van der Waals surface area contributed by atoms with Gasteiger partial charge in [-0.15, -0.1) is 0 Å². The Hall–Kier alpha value is -0.260. The first-order valence-corrected chi connectivity index (χ1v) is 3.65. The zero-order valence-corrected chi connectivity index (χ0v) is 5.14. The number of allylic oxidation sites excluding steroid dienone is 2. The number of hydrogen-bond acceptors (Lipinski definition) is 0. The van der Waals surface area contributed by atoms with Crippen LogP contribution in [0.5, 0.6) is 0 Å². The fraction of sp³-hybridized carbons (Fsp3) is 0.750. The molecule has 0 aromatic heterocycles. The molecule has 1 fully saturated rings. The van der Waals surface area contributed by atoms with Gasteiger partial charge in [0.25, 0.3) is 0 Å². The van der Waals surface area contributed by atoms with Crippen LogP contribution in [-0.4, -0.2) is 0 Å². The zero-order valence-electron chi connectivity index (χ0n) is 5.14. The van der Waals surface area contributed by atoms with Crippen LogP contribution in [0.15, 0.2) is 12.2 Å². The Kier molecular flexibility index (Phi) is 0.927. The summed E-state index contributed by atoms with van der Waals surface area (Å²) in [7, 11) is 0. The Bertz CT molecular complexity index is 99.2. The summed E-state index contributed by atoms with van der Waals surface area (Å²) in [6, 6.07) is 0. The van der Waals surface area contributed by atoms with Gasteiger partial charge in [0.15, 0.2) is 0 Å². The van der Waals surface area contributed by atoms with Crippen LogP contribution in [0, 0.1) is 11.8 Å². The summed E-state index contributed by atoms with van der Waals surface area (Å²) in [5.41, 5.74) is 0. The van der Waals surface area contributed by atoms with Crippen molar-refractivity contribution in [3.05, 3.63) is 12.2 Å². The van der Waals surface area contributed by atoms with Gasteiger partial charge in [-0.3, -0.25) is 0 Å². The van der Waals surface area contributed by atoms with Gasteiger partial charge in [0.1, 0.15) is 0 Å². The van der Waals surface area contributed by atoms with E-state index in [4.69, 9.17) is 0 Å². The van der Waals surface area contributed by atoms with E-state index in [1.54, 1.807) is 0 Å². The minimum absolute atomic E-state index is 1.00. The number of fused-ring (bicyclic) bond motifs is 1. The molecule has 2 rings (SSSR count). The first-order valence-electron chi connectivity index (χ1n) is 3.65. The highest BCUT2D eigenvalue weighted by Crippen LogP contribution is 2.38. The molecule has 2 atom stereocenters. The van der Waals surface area contributed by atoms with Crippen molar-refractivity contribution >= 4 is 0 Å². The second-order valence-electron chi connectivity index (χ2n) is 3.00. The normalized spacial score (nSPS) is 43.0. The third-order valence-electron chi connectivity index (χ3n) is 2.48. The van der Waals surface area contributed by atoms with Gasteiger partial charge in [-0.2, -0.15) is 0 Å². The fourth-order valence-corrected chi connectivity index (χ4v) is 1.81. The van der Waals surface area contributed by atoms with Gasteiger partial charge in [0.2, 0.25) is 0 Å². The van der Waals surface area contributed by atoms with Gasteiger partial charge in [-0.1, -0.05) is 25.0 Å². The minimum Gasteiger partial charge on any atom is -0.0845 e. The molecule has 0 nitrogen and oxygen atoms in total. The predicted molar refractivity (Wildman–Crippen MR) is 34.6 cm³/mol. The second-order valence-corrected chi connectivity index (χ2v) is 3.00. The highest BCUT2D eigenvalue weighted by Gasteiger charge is 2.25. The van der Waals surface area contributed by atoms with E-state index in [0.717, 1.165) is 11.8 Å². The van der Waals surface area contributed by atoms with Crippen molar-refractivity contribution in [2.45, 2.75) is 25.7 Å². The van der Waals surface area contributed by atoms with Gasteiger partial charge < -0.3 is 0 Å². The lowest BCUT2D eigenvalue weighted by Crippen LogP contribution is -2.21. The van der Waals surface area contributed by atoms with Crippen molar-refractivity contribution in [3.8, 4) is 0 Å². The van der Waals surface area contributed by atoms with E-state index in [0.29, 0.717) is 0 Å². The molecule has 2 aliphatic carbocycles. The molecule has 0 saturated heterocycles. The Labute approximate surface area is 50.6 Å². The van der Waals surface area contributed by atoms with E-state index in [2.05, 4.69) is 12.2 Å². The molecule has 0 spiro atoms. The van der Waals surface area contributed by atoms with Crippen LogP contribution >= 0.6 is 0 Å². The molecule has 0 bridgehead atoms. The molecule has 44 valence electrons. The van der Waals surface area contributed by atoms with Crippen molar-refractivity contribution in [1.29, 1.82) is 0 Å². The first kappa shape index (κ1) is 4.60. The third kappa shape index (κ3) is 0.521. The molecular weight excluding hydrogens is 96.1 g/mol. The molecule has 0 heterocycles. The average Bonchev–Trinajstić information content (AvgIpc) is 1.72. The molecule has 0 aromatic rings. The van der Waals surface area contributed by atoms with Crippen LogP contribution in [0.2, 0.25) is 0 Å². The Morgan fingerprint density at radius 3 is 1.62 bits per heavy atom. The van der Waals surface area contributed by atoms with Crippen LogP contribution < -0.4 is 0 Å². The summed E-state index contributed by atoms with van der Waals surface area (Å²) in [4.78, 5) is 0. The monoisotopic (exact) mass is 108 g/mol. The van der Waals surface area contributed by atoms with Crippen molar-refractivity contribution < 1.29 is 0 Å². The summed E-state index contributed by atoms with van der Waals surface area (Å²) in [5, 5.41) is 0. The van der Waals surface area contributed by atoms with Crippen molar-refractivity contribution in [3.63, 3.8) is 0 Å². The van der Waals surface area contributed by atoms with E-state index < -0.39 is 0 Å². The Morgan fingerprint density at radius 2 is 1.38 bits per heavy atom. The SMILES string of the molecule is C1=C[C@H]2CCCC[C@@H]12. The van der Waals surface area contributed by atoms with Gasteiger partial charge in [0, 0.05) is 0 Å². The summed E-state index contributed by atoms with van der Waals surface area (Å²) >= 11 is 0. The molecule has 1 saturated carbocycles. The first-order chi connectivity index (χ1) is 3.97. The van der Waals surface area contributed by atoms with E-state index in [9.17, 15) is 0 Å². The van der Waals surface area contributed by atoms with Crippen LogP contribution in [0.3, 0.4) is 0 Å². The van der Waals surface area contributed by atoms with E-state index in [1.165, 1.54) is 25.7 Å². The smallest absolute Gasteiger partial charge is 0.0170 e. The number of hydrogen-bond donors (Lipinski definition) is 0. The lowest BCUT2D eigenvalue weighted by atomic mass is 9.72. The maximum absolute atomic E-state index is 2.38. The zero-order chi connectivity index (χ0) is 5.40. The fourth-order valence-electron chi connectivity index (χ4n) is 1.81. The van der Waals surface area contributed by atoms with Crippen molar-refractivity contribution in [2.24, 2.45) is 11.8 Å². The van der Waals surface area contributed by atoms with E-state index in [-0.39, 0.29) is 0 Å². The summed E-state index contributed by atoms with van der Waals surface area (Å²) in [6.45, 7) is 0. The number of rotatable bonds is 0. The third-order valence-corrected chi connectivity index (χ3v) is 2.48. The Balaban J connectivity index is 2.04. The standard InChI is InChI=1S/C8H12/c1-2-4-8-6-5-7(8)3-1/h5-8H,1-4H2/t7-,8+. The molecular formula is C8H12. The highest BCUT2D eigenvalue weighted by atomic mass is 14.3. The minimum atomic E-state index is 1.00. The topological polar surface area (TPSA) is 0 Å². The van der Waals surface area contributed by atoms with Crippen molar-refractivity contribution in [1.82, 2.24) is 0 Å². The van der Waals surface area contributed by atoms with Gasteiger partial charge in [-0.05, 0) is 24.7 Å². The molecule has 0 N–H and O–H groups in total. The maximum atomic E-state index is 2.38. The van der Waals surface area contributed by atoms with Crippen LogP contribution in [0.25, 0.3) is 0 Å². The quantitative estimate of drug-likeness (QED) is 0.418. The molecule has 0 unspecified atom stereocenters. The largest absolute Gasteiger partial charge is 0.0845 e.